The first kappa shape index (κ1) is 13.3. The lowest BCUT2D eigenvalue weighted by Crippen LogP contribution is -1.86. The van der Waals surface area contributed by atoms with Crippen molar-refractivity contribution in [2.75, 3.05) is 5.75 Å². The molecule has 1 aromatic rings. The summed E-state index contributed by atoms with van der Waals surface area (Å²) >= 11 is 1.21. The first-order valence-electron chi connectivity index (χ1n) is 4.95. The van der Waals surface area contributed by atoms with E-state index in [0.717, 1.165) is 6.07 Å². The maximum Gasteiger partial charge on any atom is 0.185 e. The van der Waals surface area contributed by atoms with Crippen molar-refractivity contribution >= 4 is 16.9 Å². The van der Waals surface area contributed by atoms with Crippen LogP contribution in [0.3, 0.4) is 0 Å². The fourth-order valence-electron chi connectivity index (χ4n) is 1.12. The summed E-state index contributed by atoms with van der Waals surface area (Å²) in [6.07, 6.45) is 0.562. The number of nitriles is 1. The Bertz CT molecular complexity index is 522. The highest BCUT2D eigenvalue weighted by molar-refractivity contribution is 8.13. The van der Waals surface area contributed by atoms with Crippen LogP contribution in [0, 0.1) is 29.0 Å². The maximum atomic E-state index is 12.8. The van der Waals surface area contributed by atoms with Crippen LogP contribution in [0.15, 0.2) is 18.2 Å². The molecular formula is C13H10FNOS. The summed E-state index contributed by atoms with van der Waals surface area (Å²) < 4.78 is 12.8. The van der Waals surface area contributed by atoms with Crippen molar-refractivity contribution in [1.29, 1.82) is 5.26 Å². The Hall–Kier alpha value is -1.78. The minimum atomic E-state index is -0.445. The first-order valence-corrected chi connectivity index (χ1v) is 5.94. The van der Waals surface area contributed by atoms with Crippen LogP contribution in [-0.4, -0.2) is 10.9 Å². The zero-order valence-corrected chi connectivity index (χ0v) is 10.1. The molecule has 0 aliphatic rings. The van der Waals surface area contributed by atoms with E-state index in [9.17, 15) is 9.18 Å². The molecule has 0 aromatic heterocycles. The van der Waals surface area contributed by atoms with Gasteiger partial charge in [-0.2, -0.15) is 5.26 Å². The summed E-state index contributed by atoms with van der Waals surface area (Å²) in [6.45, 7) is 1.51. The number of hydrogen-bond donors (Lipinski definition) is 0. The number of nitrogens with zero attached hydrogens (tertiary/aromatic N) is 1. The van der Waals surface area contributed by atoms with Crippen LogP contribution in [-0.2, 0) is 4.79 Å². The number of benzene rings is 1. The summed E-state index contributed by atoms with van der Waals surface area (Å²) in [4.78, 5) is 10.6. The smallest absolute Gasteiger partial charge is 0.185 e. The van der Waals surface area contributed by atoms with Gasteiger partial charge in [-0.25, -0.2) is 4.39 Å². The van der Waals surface area contributed by atoms with Gasteiger partial charge < -0.3 is 0 Å². The molecule has 4 heteroatoms. The minimum Gasteiger partial charge on any atom is -0.288 e. The van der Waals surface area contributed by atoms with Gasteiger partial charge in [0.1, 0.15) is 11.9 Å². The van der Waals surface area contributed by atoms with Gasteiger partial charge in [0, 0.05) is 24.7 Å². The minimum absolute atomic E-state index is 0.0614. The van der Waals surface area contributed by atoms with Crippen LogP contribution < -0.4 is 0 Å². The van der Waals surface area contributed by atoms with Crippen molar-refractivity contribution in [2.24, 2.45) is 0 Å². The van der Waals surface area contributed by atoms with E-state index >= 15 is 0 Å². The van der Waals surface area contributed by atoms with Crippen molar-refractivity contribution in [3.63, 3.8) is 0 Å². The van der Waals surface area contributed by atoms with Gasteiger partial charge in [-0.15, -0.1) is 0 Å². The standard InChI is InChI=1S/C13H10FNOS/c1-10(16)17-7-3-2-4-11-5-6-13(14)8-12(11)9-15/h5-6,8H,3,7H2,1H3. The molecule has 0 unspecified atom stereocenters. The molecule has 0 saturated heterocycles. The molecular weight excluding hydrogens is 237 g/mol. The predicted octanol–water partition coefficient (Wildman–Crippen LogP) is 2.72. The molecule has 2 nitrogen and oxygen atoms in total. The molecule has 0 aliphatic carbocycles. The van der Waals surface area contributed by atoms with Crippen LogP contribution in [0.1, 0.15) is 24.5 Å². The van der Waals surface area contributed by atoms with Crippen LogP contribution in [0.4, 0.5) is 4.39 Å². The zero-order chi connectivity index (χ0) is 12.7. The second kappa shape index (κ2) is 6.73. The third-order valence-electron chi connectivity index (χ3n) is 1.86. The SMILES string of the molecule is CC(=O)SCCC#Cc1ccc(F)cc1C#N. The number of thioether (sulfide) groups is 1. The number of hydrogen-bond acceptors (Lipinski definition) is 3. The van der Waals surface area contributed by atoms with Crippen molar-refractivity contribution in [3.05, 3.63) is 35.1 Å². The molecule has 0 bridgehead atoms. The van der Waals surface area contributed by atoms with Gasteiger partial charge in [0.25, 0.3) is 0 Å². The first-order chi connectivity index (χ1) is 8.13. The van der Waals surface area contributed by atoms with Gasteiger partial charge in [0.05, 0.1) is 5.56 Å². The molecule has 0 spiro atoms. The molecule has 17 heavy (non-hydrogen) atoms. The highest BCUT2D eigenvalue weighted by Gasteiger charge is 2.00. The van der Waals surface area contributed by atoms with E-state index in [-0.39, 0.29) is 10.7 Å². The molecule has 0 saturated carbocycles. The van der Waals surface area contributed by atoms with E-state index in [2.05, 4.69) is 11.8 Å². The van der Waals surface area contributed by atoms with E-state index in [1.54, 1.807) is 0 Å². The second-order valence-corrected chi connectivity index (χ2v) is 4.47. The highest BCUT2D eigenvalue weighted by atomic mass is 32.2. The van der Waals surface area contributed by atoms with Gasteiger partial charge >= 0.3 is 0 Å². The Morgan fingerprint density at radius 1 is 1.47 bits per heavy atom. The molecule has 1 rings (SSSR count). The van der Waals surface area contributed by atoms with Crippen molar-refractivity contribution < 1.29 is 9.18 Å². The largest absolute Gasteiger partial charge is 0.288 e. The lowest BCUT2D eigenvalue weighted by molar-refractivity contribution is -0.109. The average molecular weight is 247 g/mol. The van der Waals surface area contributed by atoms with Crippen molar-refractivity contribution in [2.45, 2.75) is 13.3 Å². The quantitative estimate of drug-likeness (QED) is 0.596. The summed E-state index contributed by atoms with van der Waals surface area (Å²) in [5.41, 5.74) is 0.749. The summed E-state index contributed by atoms with van der Waals surface area (Å²) in [5, 5.41) is 8.85. The van der Waals surface area contributed by atoms with Crippen LogP contribution in [0.2, 0.25) is 0 Å². The lowest BCUT2D eigenvalue weighted by Gasteiger charge is -1.94. The van der Waals surface area contributed by atoms with E-state index in [1.807, 2.05) is 6.07 Å². The van der Waals surface area contributed by atoms with E-state index in [1.165, 1.54) is 30.8 Å². The van der Waals surface area contributed by atoms with E-state index < -0.39 is 5.82 Å². The molecule has 0 aliphatic heterocycles. The van der Waals surface area contributed by atoms with Crippen molar-refractivity contribution in [1.82, 2.24) is 0 Å². The summed E-state index contributed by atoms with van der Waals surface area (Å²) in [7, 11) is 0. The van der Waals surface area contributed by atoms with Gasteiger partial charge in [-0.05, 0) is 18.2 Å². The highest BCUT2D eigenvalue weighted by Crippen LogP contribution is 2.09. The van der Waals surface area contributed by atoms with Gasteiger partial charge in [0.15, 0.2) is 5.12 Å². The van der Waals surface area contributed by atoms with Gasteiger partial charge in [-0.1, -0.05) is 23.6 Å². The van der Waals surface area contributed by atoms with Crippen LogP contribution in [0.5, 0.6) is 0 Å². The monoisotopic (exact) mass is 247 g/mol. The Kier molecular flexibility index (Phi) is 5.26. The third kappa shape index (κ3) is 4.72. The normalized spacial score (nSPS) is 9.00. The Labute approximate surface area is 104 Å². The number of halogens is 1. The summed E-state index contributed by atoms with van der Waals surface area (Å²) in [5.74, 6) is 5.84. The van der Waals surface area contributed by atoms with Gasteiger partial charge in [0.2, 0.25) is 0 Å². The number of carbonyl (C=O) groups excluding carboxylic acids is 1. The molecule has 0 radical (unpaired) electrons. The third-order valence-corrected chi connectivity index (χ3v) is 2.67. The number of rotatable bonds is 2. The molecule has 1 aromatic carbocycles. The molecule has 0 N–H and O–H groups in total. The molecule has 0 atom stereocenters. The maximum absolute atomic E-state index is 12.8. The summed E-state index contributed by atoms with van der Waals surface area (Å²) in [6, 6.07) is 5.81. The fraction of sp³-hybridized carbons (Fsp3) is 0.231. The predicted molar refractivity (Wildman–Crippen MR) is 65.7 cm³/mol. The lowest BCUT2D eigenvalue weighted by atomic mass is 10.1. The van der Waals surface area contributed by atoms with Gasteiger partial charge in [-0.3, -0.25) is 4.79 Å². The van der Waals surface area contributed by atoms with Crippen LogP contribution in [0.25, 0.3) is 0 Å². The molecule has 0 heterocycles. The molecule has 0 amide bonds. The van der Waals surface area contributed by atoms with Crippen LogP contribution >= 0.6 is 11.8 Å². The van der Waals surface area contributed by atoms with Crippen molar-refractivity contribution in [3.8, 4) is 17.9 Å². The molecule has 86 valence electrons. The zero-order valence-electron chi connectivity index (χ0n) is 9.29. The molecule has 0 fully saturated rings. The second-order valence-electron chi connectivity index (χ2n) is 3.19. The van der Waals surface area contributed by atoms with E-state index in [0.29, 0.717) is 17.7 Å². The Morgan fingerprint density at radius 3 is 2.88 bits per heavy atom. The Balaban J connectivity index is 2.66. The van der Waals surface area contributed by atoms with E-state index in [4.69, 9.17) is 5.26 Å². The fourth-order valence-corrected chi connectivity index (χ4v) is 1.61. The topological polar surface area (TPSA) is 40.9 Å². The average Bonchev–Trinajstić information content (AvgIpc) is 2.29. The Morgan fingerprint density at radius 2 is 2.24 bits per heavy atom. The number of carbonyl (C=O) groups is 1.